The molecule has 0 aliphatic carbocycles. The highest BCUT2D eigenvalue weighted by Gasteiger charge is 2.11. The predicted molar refractivity (Wildman–Crippen MR) is 80.5 cm³/mol. The number of nitrogen functional groups attached to an aromatic ring is 1. The van der Waals surface area contributed by atoms with Gasteiger partial charge >= 0.3 is 0 Å². The predicted octanol–water partition coefficient (Wildman–Crippen LogP) is 2.52. The van der Waals surface area contributed by atoms with E-state index in [0.717, 1.165) is 16.5 Å². The molecule has 0 amide bonds. The van der Waals surface area contributed by atoms with Gasteiger partial charge in [-0.25, -0.2) is 4.98 Å². The van der Waals surface area contributed by atoms with Crippen LogP contribution in [-0.2, 0) is 16.6 Å². The normalized spacial score (nSPS) is 12.4. The summed E-state index contributed by atoms with van der Waals surface area (Å²) in [6.07, 6.45) is 3.34. The van der Waals surface area contributed by atoms with Crippen LogP contribution < -0.4 is 5.73 Å². The Labute approximate surface area is 119 Å². The number of anilines is 1. The van der Waals surface area contributed by atoms with Crippen LogP contribution in [0.2, 0.25) is 0 Å². The van der Waals surface area contributed by atoms with E-state index in [2.05, 4.69) is 9.97 Å². The lowest BCUT2D eigenvalue weighted by molar-refractivity contribution is 0.680. The van der Waals surface area contributed by atoms with Gasteiger partial charge in [0.1, 0.15) is 5.03 Å². The van der Waals surface area contributed by atoms with Gasteiger partial charge in [0.15, 0.2) is 0 Å². The zero-order valence-electron chi connectivity index (χ0n) is 10.7. The average Bonchev–Trinajstić information content (AvgIpc) is 2.48. The topological polar surface area (TPSA) is 68.9 Å². The first-order valence-corrected chi connectivity index (χ1v) is 7.49. The van der Waals surface area contributed by atoms with Crippen LogP contribution in [0, 0.1) is 0 Å². The second kappa shape index (κ2) is 5.38. The van der Waals surface area contributed by atoms with Gasteiger partial charge in [0.25, 0.3) is 0 Å². The van der Waals surface area contributed by atoms with Gasteiger partial charge in [0.2, 0.25) is 0 Å². The van der Waals surface area contributed by atoms with Crippen LogP contribution in [0.3, 0.4) is 0 Å². The summed E-state index contributed by atoms with van der Waals surface area (Å²) in [7, 11) is -1.27. The molecule has 5 heteroatoms. The molecule has 0 saturated carbocycles. The summed E-state index contributed by atoms with van der Waals surface area (Å²) >= 11 is 0. The summed E-state index contributed by atoms with van der Waals surface area (Å²) in [4.78, 5) is 8.41. The van der Waals surface area contributed by atoms with E-state index in [1.54, 1.807) is 24.5 Å². The number of nitrogens with two attached hydrogens (primary N) is 1. The Kier molecular flexibility index (Phi) is 3.43. The second-order valence-electron chi connectivity index (χ2n) is 4.37. The third-order valence-corrected chi connectivity index (χ3v) is 4.39. The van der Waals surface area contributed by atoms with Crippen LogP contribution in [0.4, 0.5) is 5.69 Å². The monoisotopic (exact) mass is 283 g/mol. The van der Waals surface area contributed by atoms with Crippen molar-refractivity contribution in [2.75, 3.05) is 5.73 Å². The SMILES string of the molecule is Nc1cccnc1S(=O)Cc1ccnc2ccccc12. The lowest BCUT2D eigenvalue weighted by Gasteiger charge is -2.07. The van der Waals surface area contributed by atoms with Crippen molar-refractivity contribution < 1.29 is 4.21 Å². The molecule has 0 radical (unpaired) electrons. The molecule has 2 heterocycles. The average molecular weight is 283 g/mol. The second-order valence-corrected chi connectivity index (χ2v) is 5.74. The van der Waals surface area contributed by atoms with Gasteiger partial charge in [-0.15, -0.1) is 0 Å². The molecule has 20 heavy (non-hydrogen) atoms. The Morgan fingerprint density at radius 3 is 2.70 bits per heavy atom. The zero-order valence-corrected chi connectivity index (χ0v) is 11.5. The molecule has 1 atom stereocenters. The first-order chi connectivity index (χ1) is 9.75. The smallest absolute Gasteiger partial charge is 0.150 e. The molecule has 3 aromatic rings. The largest absolute Gasteiger partial charge is 0.396 e. The number of aromatic nitrogens is 2. The van der Waals surface area contributed by atoms with E-state index >= 15 is 0 Å². The quantitative estimate of drug-likeness (QED) is 0.802. The van der Waals surface area contributed by atoms with Crippen molar-refractivity contribution in [3.63, 3.8) is 0 Å². The number of para-hydroxylation sites is 1. The summed E-state index contributed by atoms with van der Waals surface area (Å²) in [5.41, 5.74) is 8.17. The number of rotatable bonds is 3. The summed E-state index contributed by atoms with van der Waals surface area (Å²) in [6.45, 7) is 0. The van der Waals surface area contributed by atoms with E-state index in [1.807, 2.05) is 30.3 Å². The highest BCUT2D eigenvalue weighted by atomic mass is 32.2. The summed E-state index contributed by atoms with van der Waals surface area (Å²) in [6, 6.07) is 13.1. The molecule has 0 saturated heterocycles. The molecule has 1 unspecified atom stereocenters. The van der Waals surface area contributed by atoms with Gasteiger partial charge in [-0.1, -0.05) is 18.2 Å². The maximum absolute atomic E-state index is 12.4. The molecular weight excluding hydrogens is 270 g/mol. The number of nitrogens with zero attached hydrogens (tertiary/aromatic N) is 2. The summed E-state index contributed by atoms with van der Waals surface area (Å²) in [5.74, 6) is 0.379. The number of pyridine rings is 2. The van der Waals surface area contributed by atoms with Crippen molar-refractivity contribution in [1.82, 2.24) is 9.97 Å². The molecule has 0 aliphatic rings. The van der Waals surface area contributed by atoms with E-state index in [9.17, 15) is 4.21 Å². The van der Waals surface area contributed by atoms with Gasteiger partial charge < -0.3 is 5.73 Å². The van der Waals surface area contributed by atoms with Crippen molar-refractivity contribution >= 4 is 27.4 Å². The van der Waals surface area contributed by atoms with Crippen molar-refractivity contribution in [3.8, 4) is 0 Å². The van der Waals surface area contributed by atoms with Crippen LogP contribution in [0.5, 0.6) is 0 Å². The van der Waals surface area contributed by atoms with E-state index in [0.29, 0.717) is 16.5 Å². The molecule has 0 bridgehead atoms. The molecule has 1 aromatic carbocycles. The molecule has 3 rings (SSSR count). The van der Waals surface area contributed by atoms with Crippen molar-refractivity contribution in [1.29, 1.82) is 0 Å². The maximum Gasteiger partial charge on any atom is 0.150 e. The summed E-state index contributed by atoms with van der Waals surface area (Å²) in [5, 5.41) is 1.45. The Balaban J connectivity index is 1.98. The van der Waals surface area contributed by atoms with Crippen LogP contribution in [0.15, 0.2) is 59.9 Å². The van der Waals surface area contributed by atoms with Gasteiger partial charge in [-0.3, -0.25) is 9.19 Å². The number of hydrogen-bond acceptors (Lipinski definition) is 4. The van der Waals surface area contributed by atoms with Crippen LogP contribution >= 0.6 is 0 Å². The molecule has 2 aromatic heterocycles. The number of fused-ring (bicyclic) bond motifs is 1. The van der Waals surface area contributed by atoms with Crippen molar-refractivity contribution in [2.45, 2.75) is 10.8 Å². The highest BCUT2D eigenvalue weighted by Crippen LogP contribution is 2.21. The lowest BCUT2D eigenvalue weighted by atomic mass is 10.1. The van der Waals surface area contributed by atoms with Gasteiger partial charge in [-0.2, -0.15) is 0 Å². The first kappa shape index (κ1) is 12.7. The summed E-state index contributed by atoms with van der Waals surface area (Å²) < 4.78 is 12.4. The Bertz CT molecular complexity index is 783. The number of benzene rings is 1. The fraction of sp³-hybridized carbons (Fsp3) is 0.0667. The molecule has 0 spiro atoms. The Morgan fingerprint density at radius 1 is 1.00 bits per heavy atom. The molecule has 0 aliphatic heterocycles. The highest BCUT2D eigenvalue weighted by molar-refractivity contribution is 7.84. The lowest BCUT2D eigenvalue weighted by Crippen LogP contribution is -2.03. The third-order valence-electron chi connectivity index (χ3n) is 3.04. The van der Waals surface area contributed by atoms with Crippen molar-refractivity contribution in [2.24, 2.45) is 0 Å². The van der Waals surface area contributed by atoms with E-state index in [-0.39, 0.29) is 0 Å². The molecule has 100 valence electrons. The fourth-order valence-corrected chi connectivity index (χ4v) is 3.26. The van der Waals surface area contributed by atoms with Crippen LogP contribution in [0.25, 0.3) is 10.9 Å². The Hall–Kier alpha value is -2.27. The molecule has 0 fully saturated rings. The molecule has 2 N–H and O–H groups in total. The zero-order chi connectivity index (χ0) is 13.9. The van der Waals surface area contributed by atoms with E-state index in [4.69, 9.17) is 5.73 Å². The van der Waals surface area contributed by atoms with Crippen molar-refractivity contribution in [3.05, 3.63) is 60.4 Å². The maximum atomic E-state index is 12.4. The minimum Gasteiger partial charge on any atom is -0.396 e. The third kappa shape index (κ3) is 2.40. The minimum absolute atomic E-state index is 0.379. The fourth-order valence-electron chi connectivity index (χ4n) is 2.08. The van der Waals surface area contributed by atoms with Crippen LogP contribution in [-0.4, -0.2) is 14.2 Å². The van der Waals surface area contributed by atoms with Crippen LogP contribution in [0.1, 0.15) is 5.56 Å². The van der Waals surface area contributed by atoms with Gasteiger partial charge in [-0.05, 0) is 29.8 Å². The first-order valence-electron chi connectivity index (χ1n) is 6.17. The van der Waals surface area contributed by atoms with E-state index < -0.39 is 10.8 Å². The van der Waals surface area contributed by atoms with E-state index in [1.165, 1.54) is 0 Å². The molecule has 4 nitrogen and oxygen atoms in total. The number of hydrogen-bond donors (Lipinski definition) is 1. The standard InChI is InChI=1S/C15H13N3OS/c16-13-5-3-8-18-15(13)20(19)10-11-7-9-17-14-6-2-1-4-12(11)14/h1-9H,10,16H2. The minimum atomic E-state index is -1.27. The Morgan fingerprint density at radius 2 is 1.85 bits per heavy atom. The van der Waals surface area contributed by atoms with Gasteiger partial charge in [0.05, 0.1) is 27.8 Å². The van der Waals surface area contributed by atoms with Gasteiger partial charge in [0, 0.05) is 17.8 Å². The molecular formula is C15H13N3OS.